The summed E-state index contributed by atoms with van der Waals surface area (Å²) < 4.78 is 3.92. The van der Waals surface area contributed by atoms with Gasteiger partial charge in [0.2, 0.25) is 5.13 Å². The summed E-state index contributed by atoms with van der Waals surface area (Å²) in [5, 5.41) is 4.04. The van der Waals surface area contributed by atoms with E-state index in [1.165, 1.54) is 17.1 Å². The van der Waals surface area contributed by atoms with Crippen molar-refractivity contribution in [3.63, 3.8) is 0 Å². The predicted molar refractivity (Wildman–Crippen MR) is 61.6 cm³/mol. The molecule has 1 aromatic carbocycles. The van der Waals surface area contributed by atoms with Gasteiger partial charge in [-0.2, -0.15) is 4.37 Å². The van der Waals surface area contributed by atoms with Crippen LogP contribution in [0.2, 0.25) is 0 Å². The van der Waals surface area contributed by atoms with E-state index in [1.54, 1.807) is 6.33 Å². The van der Waals surface area contributed by atoms with Crippen molar-refractivity contribution in [2.75, 3.05) is 5.32 Å². The van der Waals surface area contributed by atoms with Gasteiger partial charge in [-0.3, -0.25) is 0 Å². The van der Waals surface area contributed by atoms with Gasteiger partial charge in [-0.25, -0.2) is 4.98 Å². The van der Waals surface area contributed by atoms with Gasteiger partial charge >= 0.3 is 0 Å². The minimum absolute atomic E-state index is 0.563. The van der Waals surface area contributed by atoms with Crippen molar-refractivity contribution in [3.8, 4) is 0 Å². The summed E-state index contributed by atoms with van der Waals surface area (Å²) in [6, 6.07) is 8.11. The van der Waals surface area contributed by atoms with Crippen LogP contribution in [0.1, 0.15) is 11.1 Å². The second kappa shape index (κ2) is 4.86. The third-order valence-corrected chi connectivity index (χ3v) is 2.75. The molecule has 5 heteroatoms. The van der Waals surface area contributed by atoms with Crippen LogP contribution in [0.15, 0.2) is 30.6 Å². The molecule has 0 saturated carbocycles. The maximum absolute atomic E-state index is 5.65. The average Bonchev–Trinajstić information content (AvgIpc) is 2.79. The molecule has 0 aliphatic carbocycles. The zero-order chi connectivity index (χ0) is 10.5. The van der Waals surface area contributed by atoms with E-state index in [-0.39, 0.29) is 0 Å². The number of aromatic nitrogens is 2. The smallest absolute Gasteiger partial charge is 0.202 e. The number of nitrogens with two attached hydrogens (primary N) is 1. The summed E-state index contributed by atoms with van der Waals surface area (Å²) in [6.07, 6.45) is 1.54. The second-order valence-electron chi connectivity index (χ2n) is 3.07. The normalized spacial score (nSPS) is 10.2. The third-order valence-electron chi connectivity index (χ3n) is 2.13. The fraction of sp³-hybridized carbons (Fsp3) is 0.200. The van der Waals surface area contributed by atoms with Gasteiger partial charge < -0.3 is 11.1 Å². The standard InChI is InChI=1S/C10H12N4S/c11-5-8-3-1-2-4-9(8)6-12-10-13-7-14-15-10/h1-4,7H,5-6,11H2,(H,12,13,14). The molecule has 0 radical (unpaired) electrons. The highest BCUT2D eigenvalue weighted by Crippen LogP contribution is 2.12. The molecule has 1 heterocycles. The lowest BCUT2D eigenvalue weighted by atomic mass is 10.1. The van der Waals surface area contributed by atoms with E-state index in [1.807, 2.05) is 18.2 Å². The first-order valence-electron chi connectivity index (χ1n) is 4.67. The monoisotopic (exact) mass is 220 g/mol. The number of hydrogen-bond donors (Lipinski definition) is 2. The topological polar surface area (TPSA) is 63.8 Å². The lowest BCUT2D eigenvalue weighted by Crippen LogP contribution is -2.05. The maximum atomic E-state index is 5.65. The summed E-state index contributed by atoms with van der Waals surface area (Å²) in [5.41, 5.74) is 8.01. The molecule has 0 bridgehead atoms. The van der Waals surface area contributed by atoms with E-state index in [4.69, 9.17) is 5.73 Å². The Labute approximate surface area is 92.3 Å². The molecular formula is C10H12N4S. The summed E-state index contributed by atoms with van der Waals surface area (Å²) in [5.74, 6) is 0. The molecule has 0 aliphatic heterocycles. The van der Waals surface area contributed by atoms with E-state index < -0.39 is 0 Å². The first-order chi connectivity index (χ1) is 7.40. The molecule has 2 rings (SSSR count). The molecule has 0 fully saturated rings. The van der Waals surface area contributed by atoms with Gasteiger partial charge in [0.25, 0.3) is 0 Å². The van der Waals surface area contributed by atoms with Crippen molar-refractivity contribution >= 4 is 16.7 Å². The fourth-order valence-corrected chi connectivity index (χ4v) is 1.78. The average molecular weight is 220 g/mol. The Hall–Kier alpha value is -1.46. The Balaban J connectivity index is 2.04. The van der Waals surface area contributed by atoms with Gasteiger partial charge in [0.1, 0.15) is 6.33 Å². The lowest BCUT2D eigenvalue weighted by molar-refractivity contribution is 1.01. The first kappa shape index (κ1) is 10.1. The van der Waals surface area contributed by atoms with Gasteiger partial charge in [0.05, 0.1) is 0 Å². The van der Waals surface area contributed by atoms with Crippen molar-refractivity contribution in [1.29, 1.82) is 0 Å². The molecule has 0 atom stereocenters. The van der Waals surface area contributed by atoms with E-state index in [2.05, 4.69) is 20.7 Å². The summed E-state index contributed by atoms with van der Waals surface area (Å²) in [4.78, 5) is 4.05. The molecule has 0 amide bonds. The van der Waals surface area contributed by atoms with Crippen molar-refractivity contribution in [2.24, 2.45) is 5.73 Å². The maximum Gasteiger partial charge on any atom is 0.202 e. The van der Waals surface area contributed by atoms with Gasteiger partial charge in [0, 0.05) is 24.6 Å². The SMILES string of the molecule is NCc1ccccc1CNc1ncns1. The van der Waals surface area contributed by atoms with Crippen LogP contribution in [-0.2, 0) is 13.1 Å². The van der Waals surface area contributed by atoms with Crippen molar-refractivity contribution in [1.82, 2.24) is 9.36 Å². The zero-order valence-corrected chi connectivity index (χ0v) is 9.00. The van der Waals surface area contributed by atoms with Crippen molar-refractivity contribution < 1.29 is 0 Å². The van der Waals surface area contributed by atoms with Crippen LogP contribution in [0.3, 0.4) is 0 Å². The van der Waals surface area contributed by atoms with Crippen LogP contribution >= 0.6 is 11.5 Å². The largest absolute Gasteiger partial charge is 0.356 e. The summed E-state index contributed by atoms with van der Waals surface area (Å²) in [6.45, 7) is 1.30. The van der Waals surface area contributed by atoms with Crippen LogP contribution in [0.5, 0.6) is 0 Å². The molecule has 0 spiro atoms. The fourth-order valence-electron chi connectivity index (χ4n) is 1.35. The number of anilines is 1. The molecule has 3 N–H and O–H groups in total. The highest BCUT2D eigenvalue weighted by molar-refractivity contribution is 7.09. The van der Waals surface area contributed by atoms with Crippen molar-refractivity contribution in [3.05, 3.63) is 41.7 Å². The summed E-state index contributed by atoms with van der Waals surface area (Å²) in [7, 11) is 0. The second-order valence-corrected chi connectivity index (χ2v) is 3.85. The first-order valence-corrected chi connectivity index (χ1v) is 5.45. The van der Waals surface area contributed by atoms with E-state index in [0.29, 0.717) is 6.54 Å². The predicted octanol–water partition coefficient (Wildman–Crippen LogP) is 1.61. The van der Waals surface area contributed by atoms with E-state index in [0.717, 1.165) is 17.2 Å². The number of nitrogens with zero attached hydrogens (tertiary/aromatic N) is 2. The molecule has 2 aromatic rings. The molecule has 4 nitrogen and oxygen atoms in total. The Morgan fingerprint density at radius 3 is 2.73 bits per heavy atom. The van der Waals surface area contributed by atoms with Crippen LogP contribution in [-0.4, -0.2) is 9.36 Å². The molecule has 0 saturated heterocycles. The Morgan fingerprint density at radius 1 is 1.27 bits per heavy atom. The number of nitrogens with one attached hydrogen (secondary N) is 1. The zero-order valence-electron chi connectivity index (χ0n) is 8.18. The minimum Gasteiger partial charge on any atom is -0.356 e. The molecule has 0 aliphatic rings. The van der Waals surface area contributed by atoms with Crippen molar-refractivity contribution in [2.45, 2.75) is 13.1 Å². The van der Waals surface area contributed by atoms with Crippen LogP contribution in [0.25, 0.3) is 0 Å². The lowest BCUT2D eigenvalue weighted by Gasteiger charge is -2.07. The molecule has 1 aromatic heterocycles. The molecule has 0 unspecified atom stereocenters. The van der Waals surface area contributed by atoms with E-state index in [9.17, 15) is 0 Å². The highest BCUT2D eigenvalue weighted by Gasteiger charge is 2.00. The van der Waals surface area contributed by atoms with Crippen LogP contribution in [0.4, 0.5) is 5.13 Å². The van der Waals surface area contributed by atoms with Crippen LogP contribution < -0.4 is 11.1 Å². The quantitative estimate of drug-likeness (QED) is 0.821. The molecular weight excluding hydrogens is 208 g/mol. The van der Waals surface area contributed by atoms with Gasteiger partial charge in [-0.15, -0.1) is 0 Å². The minimum atomic E-state index is 0.563. The molecule has 78 valence electrons. The highest BCUT2D eigenvalue weighted by atomic mass is 32.1. The third kappa shape index (κ3) is 2.51. The number of hydrogen-bond acceptors (Lipinski definition) is 5. The van der Waals surface area contributed by atoms with Gasteiger partial charge in [-0.1, -0.05) is 24.3 Å². The number of benzene rings is 1. The van der Waals surface area contributed by atoms with Gasteiger partial charge in [0.15, 0.2) is 0 Å². The van der Waals surface area contributed by atoms with Crippen LogP contribution in [0, 0.1) is 0 Å². The van der Waals surface area contributed by atoms with Gasteiger partial charge in [-0.05, 0) is 11.1 Å². The number of rotatable bonds is 4. The van der Waals surface area contributed by atoms with E-state index >= 15 is 0 Å². The molecule has 15 heavy (non-hydrogen) atoms. The Morgan fingerprint density at radius 2 is 2.07 bits per heavy atom. The Kier molecular flexibility index (Phi) is 3.26. The Bertz CT molecular complexity index is 413. The summed E-state index contributed by atoms with van der Waals surface area (Å²) >= 11 is 1.35.